The third-order valence-electron chi connectivity index (χ3n) is 5.96. The van der Waals surface area contributed by atoms with Crippen LogP contribution in [0.3, 0.4) is 0 Å². The lowest BCUT2D eigenvalue weighted by Gasteiger charge is -2.46. The number of carbonyl (C=O) groups excluding carboxylic acids is 7. The molecule has 1 N–H and O–H groups in total. The number of rotatable bonds is 12. The molecule has 0 aromatic heterocycles. The zero-order valence-corrected chi connectivity index (χ0v) is 25.1. The standard InChI is InChI=1S/C26H36O18/c1-11(28)35-9-19-20(37-13(3)30)22(39-15(5)32)23(40-16(6)33)25(42-19)44-26(10-36-12(2)29)24(41-17(7)34)21(38-14(4)31)18(8-27)43-26/h18-25,27H,8-10H2,1-7H3/t18-,19-,20-,21-,22+,23-,24+,25-,26+/m1/s1. The third kappa shape index (κ3) is 9.83. The summed E-state index contributed by atoms with van der Waals surface area (Å²) in [5.41, 5.74) is 0. The first kappa shape index (κ1) is 36.3. The lowest BCUT2D eigenvalue weighted by Crippen LogP contribution is -2.65. The summed E-state index contributed by atoms with van der Waals surface area (Å²) in [6, 6.07) is 0. The van der Waals surface area contributed by atoms with Gasteiger partial charge in [-0.25, -0.2) is 0 Å². The van der Waals surface area contributed by atoms with Crippen LogP contribution in [0.15, 0.2) is 0 Å². The summed E-state index contributed by atoms with van der Waals surface area (Å²) in [6.45, 7) is 4.89. The van der Waals surface area contributed by atoms with Crippen molar-refractivity contribution in [1.29, 1.82) is 0 Å². The van der Waals surface area contributed by atoms with Crippen LogP contribution in [0.4, 0.5) is 0 Å². The maximum Gasteiger partial charge on any atom is 0.303 e. The van der Waals surface area contributed by atoms with E-state index in [1.54, 1.807) is 0 Å². The molecular weight excluding hydrogens is 600 g/mol. The van der Waals surface area contributed by atoms with Gasteiger partial charge in [-0.15, -0.1) is 0 Å². The van der Waals surface area contributed by atoms with Crippen LogP contribution < -0.4 is 0 Å². The normalized spacial score (nSPS) is 31.2. The summed E-state index contributed by atoms with van der Waals surface area (Å²) in [7, 11) is 0. The first-order chi connectivity index (χ1) is 20.5. The molecule has 44 heavy (non-hydrogen) atoms. The van der Waals surface area contributed by atoms with Crippen molar-refractivity contribution >= 4 is 41.8 Å². The van der Waals surface area contributed by atoms with E-state index in [1.165, 1.54) is 0 Å². The largest absolute Gasteiger partial charge is 0.463 e. The lowest BCUT2D eigenvalue weighted by atomic mass is 9.97. The Hall–Kier alpha value is -3.87. The highest BCUT2D eigenvalue weighted by molar-refractivity contribution is 5.69. The van der Waals surface area contributed by atoms with Gasteiger partial charge in [-0.3, -0.25) is 33.6 Å². The minimum absolute atomic E-state index is 0.599. The molecule has 0 aromatic rings. The highest BCUT2D eigenvalue weighted by Gasteiger charge is 2.64. The number of carbonyl (C=O) groups is 7. The van der Waals surface area contributed by atoms with E-state index in [0.717, 1.165) is 48.5 Å². The summed E-state index contributed by atoms with van der Waals surface area (Å²) in [5, 5.41) is 10.0. The zero-order valence-electron chi connectivity index (χ0n) is 25.1. The van der Waals surface area contributed by atoms with Gasteiger partial charge < -0.3 is 52.5 Å². The van der Waals surface area contributed by atoms with Crippen LogP contribution in [0, 0.1) is 0 Å². The fourth-order valence-corrected chi connectivity index (χ4v) is 4.57. The topological polar surface area (TPSA) is 232 Å². The number of ether oxygens (including phenoxy) is 10. The van der Waals surface area contributed by atoms with Crippen molar-refractivity contribution in [3.05, 3.63) is 0 Å². The molecule has 2 rings (SSSR count). The van der Waals surface area contributed by atoms with Crippen molar-refractivity contribution in [2.75, 3.05) is 19.8 Å². The van der Waals surface area contributed by atoms with Crippen LogP contribution in [0.5, 0.6) is 0 Å². The van der Waals surface area contributed by atoms with E-state index in [1.807, 2.05) is 0 Å². The van der Waals surface area contributed by atoms with Crippen LogP contribution in [-0.4, -0.2) is 122 Å². The van der Waals surface area contributed by atoms with Gasteiger partial charge in [0.25, 0.3) is 0 Å². The minimum atomic E-state index is -2.44. The Morgan fingerprint density at radius 2 is 1.07 bits per heavy atom. The maximum absolute atomic E-state index is 12.2. The van der Waals surface area contributed by atoms with E-state index in [-0.39, 0.29) is 0 Å². The molecule has 0 aliphatic carbocycles. The smallest absolute Gasteiger partial charge is 0.303 e. The maximum atomic E-state index is 12.2. The van der Waals surface area contributed by atoms with Crippen LogP contribution in [0.1, 0.15) is 48.5 Å². The predicted molar refractivity (Wildman–Crippen MR) is 135 cm³/mol. The fourth-order valence-electron chi connectivity index (χ4n) is 4.57. The Labute approximate surface area is 251 Å². The second-order valence-electron chi connectivity index (χ2n) is 9.72. The number of hydrogen-bond acceptors (Lipinski definition) is 18. The second-order valence-corrected chi connectivity index (χ2v) is 9.72. The van der Waals surface area contributed by atoms with E-state index in [9.17, 15) is 38.7 Å². The molecule has 0 unspecified atom stereocenters. The molecule has 2 saturated heterocycles. The highest BCUT2D eigenvalue weighted by Crippen LogP contribution is 2.41. The van der Waals surface area contributed by atoms with Gasteiger partial charge in [0.1, 0.15) is 25.4 Å². The second kappa shape index (κ2) is 15.7. The molecule has 0 aromatic carbocycles. The Morgan fingerprint density at radius 1 is 0.591 bits per heavy atom. The molecule has 0 radical (unpaired) electrons. The monoisotopic (exact) mass is 636 g/mol. The molecule has 2 fully saturated rings. The molecule has 2 aliphatic heterocycles. The summed E-state index contributed by atoms with van der Waals surface area (Å²) >= 11 is 0. The van der Waals surface area contributed by atoms with Gasteiger partial charge in [0, 0.05) is 48.5 Å². The first-order valence-electron chi connectivity index (χ1n) is 13.2. The molecule has 0 bridgehead atoms. The van der Waals surface area contributed by atoms with E-state index >= 15 is 0 Å². The van der Waals surface area contributed by atoms with Crippen molar-refractivity contribution in [2.24, 2.45) is 0 Å². The van der Waals surface area contributed by atoms with Gasteiger partial charge in [0.15, 0.2) is 30.5 Å². The highest BCUT2D eigenvalue weighted by atomic mass is 16.8. The number of aliphatic hydroxyl groups excluding tert-OH is 1. The van der Waals surface area contributed by atoms with Gasteiger partial charge >= 0.3 is 41.8 Å². The minimum Gasteiger partial charge on any atom is -0.463 e. The Kier molecular flexibility index (Phi) is 13.0. The van der Waals surface area contributed by atoms with Gasteiger partial charge in [-0.05, 0) is 0 Å². The van der Waals surface area contributed by atoms with Crippen LogP contribution in [0.25, 0.3) is 0 Å². The summed E-state index contributed by atoms with van der Waals surface area (Å²) in [6.07, 6.45) is -13.0. The van der Waals surface area contributed by atoms with Gasteiger partial charge in [0.2, 0.25) is 12.1 Å². The summed E-state index contributed by atoms with van der Waals surface area (Å²) in [5.74, 6) is -8.62. The first-order valence-corrected chi connectivity index (χ1v) is 13.2. The molecule has 0 spiro atoms. The van der Waals surface area contributed by atoms with Crippen molar-refractivity contribution < 1.29 is 86.0 Å². The molecule has 248 valence electrons. The Bertz CT molecular complexity index is 1100. The van der Waals surface area contributed by atoms with Gasteiger partial charge in [-0.1, -0.05) is 0 Å². The van der Waals surface area contributed by atoms with Crippen molar-refractivity contribution in [3.63, 3.8) is 0 Å². The molecule has 18 nitrogen and oxygen atoms in total. The molecule has 9 atom stereocenters. The van der Waals surface area contributed by atoms with E-state index in [2.05, 4.69) is 0 Å². The van der Waals surface area contributed by atoms with Crippen molar-refractivity contribution in [1.82, 2.24) is 0 Å². The summed E-state index contributed by atoms with van der Waals surface area (Å²) in [4.78, 5) is 84.0. The van der Waals surface area contributed by atoms with Crippen molar-refractivity contribution in [3.8, 4) is 0 Å². The van der Waals surface area contributed by atoms with Gasteiger partial charge in [-0.2, -0.15) is 0 Å². The zero-order chi connectivity index (χ0) is 33.4. The quantitative estimate of drug-likeness (QED) is 0.192. The summed E-state index contributed by atoms with van der Waals surface area (Å²) < 4.78 is 54.8. The number of aliphatic hydroxyl groups is 1. The molecular formula is C26H36O18. The lowest BCUT2D eigenvalue weighted by molar-refractivity contribution is -0.384. The third-order valence-corrected chi connectivity index (χ3v) is 5.96. The SMILES string of the molecule is CC(=O)OC[C@H]1O[C@H](O[C@]2(COC(C)=O)O[C@H](CO)[C@@H](OC(C)=O)[C@@H]2OC(C)=O)[C@H](OC(C)=O)[C@@H](OC(C)=O)[C@@H]1OC(C)=O. The molecule has 2 heterocycles. The number of hydrogen-bond donors (Lipinski definition) is 1. The van der Waals surface area contributed by atoms with E-state index in [4.69, 9.17) is 47.4 Å². The molecule has 0 amide bonds. The van der Waals surface area contributed by atoms with E-state index < -0.39 is 116 Å². The van der Waals surface area contributed by atoms with E-state index in [0.29, 0.717) is 0 Å². The van der Waals surface area contributed by atoms with Gasteiger partial charge in [0.05, 0.1) is 6.61 Å². The van der Waals surface area contributed by atoms with Crippen LogP contribution in [-0.2, 0) is 80.9 Å². The average molecular weight is 637 g/mol. The molecule has 2 aliphatic rings. The molecule has 18 heteroatoms. The van der Waals surface area contributed by atoms with Crippen LogP contribution in [0.2, 0.25) is 0 Å². The van der Waals surface area contributed by atoms with Crippen LogP contribution >= 0.6 is 0 Å². The Balaban J connectivity index is 2.74. The Morgan fingerprint density at radius 3 is 1.55 bits per heavy atom. The molecule has 0 saturated carbocycles. The average Bonchev–Trinajstić information content (AvgIpc) is 3.15. The fraction of sp³-hybridized carbons (Fsp3) is 0.731. The van der Waals surface area contributed by atoms with Crippen molar-refractivity contribution in [2.45, 2.75) is 103 Å². The number of esters is 7. The predicted octanol–water partition coefficient (Wildman–Crippen LogP) is -1.40.